The topological polar surface area (TPSA) is 38.4 Å². The molecule has 3 heteroatoms. The maximum Gasteiger partial charge on any atom is 0.123 e. The first-order valence-electron chi connectivity index (χ1n) is 2.41. The maximum atomic E-state index is 5.48. The summed E-state index contributed by atoms with van der Waals surface area (Å²) in [4.78, 5) is 3.66. The molecular formula is C6H9ClN2. The number of allylic oxidation sites excluding steroid dienone is 2. The van der Waals surface area contributed by atoms with Gasteiger partial charge < -0.3 is 5.73 Å². The van der Waals surface area contributed by atoms with Crippen LogP contribution in [0.25, 0.3) is 0 Å². The first-order chi connectivity index (χ1) is 4.16. The van der Waals surface area contributed by atoms with Crippen LogP contribution in [0.4, 0.5) is 0 Å². The van der Waals surface area contributed by atoms with E-state index in [1.54, 1.807) is 19.2 Å². The second kappa shape index (κ2) is 4.15. The monoisotopic (exact) mass is 144 g/mol. The summed E-state index contributed by atoms with van der Waals surface area (Å²) in [6.07, 6.45) is 3.18. The highest BCUT2D eigenvalue weighted by molar-refractivity contribution is 6.68. The van der Waals surface area contributed by atoms with Crippen molar-refractivity contribution < 1.29 is 0 Å². The molecule has 0 radical (unpaired) electrons. The van der Waals surface area contributed by atoms with E-state index in [0.717, 1.165) is 0 Å². The summed E-state index contributed by atoms with van der Waals surface area (Å²) in [5.41, 5.74) is 5.67. The Labute approximate surface area is 59.7 Å². The molecule has 0 aliphatic heterocycles. The number of rotatable bonds is 2. The van der Waals surface area contributed by atoms with E-state index < -0.39 is 0 Å². The van der Waals surface area contributed by atoms with Crippen molar-refractivity contribution in [1.82, 2.24) is 0 Å². The van der Waals surface area contributed by atoms with Gasteiger partial charge in [-0.05, 0) is 12.2 Å². The molecule has 0 saturated carbocycles. The highest BCUT2D eigenvalue weighted by Gasteiger charge is 1.80. The molecule has 0 aliphatic carbocycles. The third-order valence-corrected chi connectivity index (χ3v) is 0.944. The van der Waals surface area contributed by atoms with Crippen molar-refractivity contribution in [1.29, 1.82) is 0 Å². The van der Waals surface area contributed by atoms with Crippen LogP contribution in [0, 0.1) is 0 Å². The molecular weight excluding hydrogens is 136 g/mol. The van der Waals surface area contributed by atoms with Crippen LogP contribution < -0.4 is 5.73 Å². The third kappa shape index (κ3) is 5.11. The highest BCUT2D eigenvalue weighted by Crippen LogP contribution is 1.88. The van der Waals surface area contributed by atoms with Crippen LogP contribution in [-0.4, -0.2) is 12.2 Å². The molecule has 0 unspecified atom stereocenters. The van der Waals surface area contributed by atoms with E-state index in [-0.39, 0.29) is 0 Å². The van der Waals surface area contributed by atoms with Crippen LogP contribution in [0.2, 0.25) is 0 Å². The lowest BCUT2D eigenvalue weighted by Crippen LogP contribution is -1.89. The minimum atomic E-state index is 0.418. The zero-order valence-electron chi connectivity index (χ0n) is 5.26. The van der Waals surface area contributed by atoms with Crippen molar-refractivity contribution in [2.24, 2.45) is 10.7 Å². The standard InChI is InChI=1S/C6H9ClN2/c1-5(8)3-4-6(7)9-2/h3-4H,1,8H2,2H3/b4-3-,9-6+. The number of nitrogens with two attached hydrogens (primary N) is 1. The minimum absolute atomic E-state index is 0.418. The summed E-state index contributed by atoms with van der Waals surface area (Å²) in [5.74, 6) is 0. The molecule has 0 rings (SSSR count). The summed E-state index contributed by atoms with van der Waals surface area (Å²) in [6.45, 7) is 3.44. The fourth-order valence-electron chi connectivity index (χ4n) is 0.250. The first-order valence-corrected chi connectivity index (χ1v) is 2.79. The molecule has 0 saturated heterocycles. The number of aliphatic imine (C=N–C) groups is 1. The normalized spacial score (nSPS) is 12.4. The number of nitrogens with zero attached hydrogens (tertiary/aromatic N) is 1. The van der Waals surface area contributed by atoms with E-state index in [4.69, 9.17) is 17.3 Å². The lowest BCUT2D eigenvalue weighted by Gasteiger charge is -1.84. The second-order valence-corrected chi connectivity index (χ2v) is 1.84. The Bertz CT molecular complexity index is 158. The van der Waals surface area contributed by atoms with Gasteiger partial charge in [-0.1, -0.05) is 18.2 Å². The van der Waals surface area contributed by atoms with E-state index >= 15 is 0 Å². The summed E-state index contributed by atoms with van der Waals surface area (Å²) in [5, 5.41) is 0.418. The van der Waals surface area contributed by atoms with E-state index in [0.29, 0.717) is 10.9 Å². The third-order valence-electron chi connectivity index (χ3n) is 0.649. The molecule has 0 bridgehead atoms. The lowest BCUT2D eigenvalue weighted by molar-refractivity contribution is 1.44. The zero-order chi connectivity index (χ0) is 7.28. The molecule has 0 aromatic carbocycles. The molecule has 0 amide bonds. The molecule has 2 N–H and O–H groups in total. The van der Waals surface area contributed by atoms with E-state index in [1.165, 1.54) is 0 Å². The van der Waals surface area contributed by atoms with Gasteiger partial charge in [0, 0.05) is 12.7 Å². The van der Waals surface area contributed by atoms with Gasteiger partial charge in [-0.25, -0.2) is 0 Å². The van der Waals surface area contributed by atoms with Gasteiger partial charge in [0.2, 0.25) is 0 Å². The molecule has 0 atom stereocenters. The average Bonchev–Trinajstić information content (AvgIpc) is 1.83. The van der Waals surface area contributed by atoms with Crippen molar-refractivity contribution in [2.45, 2.75) is 0 Å². The molecule has 50 valence electrons. The molecule has 0 fully saturated rings. The molecule has 0 aliphatic rings. The largest absolute Gasteiger partial charge is 0.399 e. The van der Waals surface area contributed by atoms with E-state index in [9.17, 15) is 0 Å². The number of hydrogen-bond acceptors (Lipinski definition) is 2. The Hall–Kier alpha value is -0.760. The van der Waals surface area contributed by atoms with Crippen molar-refractivity contribution in [3.8, 4) is 0 Å². The summed E-state index contributed by atoms with van der Waals surface area (Å²) < 4.78 is 0. The van der Waals surface area contributed by atoms with Gasteiger partial charge >= 0.3 is 0 Å². The lowest BCUT2D eigenvalue weighted by atomic mass is 10.4. The maximum absolute atomic E-state index is 5.48. The summed E-state index contributed by atoms with van der Waals surface area (Å²) in [7, 11) is 1.60. The Kier molecular flexibility index (Phi) is 3.80. The highest BCUT2D eigenvalue weighted by atomic mass is 35.5. The Balaban J connectivity index is 3.86. The van der Waals surface area contributed by atoms with Gasteiger partial charge in [-0.2, -0.15) is 0 Å². The number of halogens is 1. The Morgan fingerprint density at radius 1 is 1.67 bits per heavy atom. The zero-order valence-corrected chi connectivity index (χ0v) is 6.02. The van der Waals surface area contributed by atoms with Crippen molar-refractivity contribution in [3.63, 3.8) is 0 Å². The first kappa shape index (κ1) is 8.24. The van der Waals surface area contributed by atoms with Gasteiger partial charge in [0.05, 0.1) is 0 Å². The van der Waals surface area contributed by atoms with E-state index in [1.807, 2.05) is 0 Å². The predicted octanol–water partition coefficient (Wildman–Crippen LogP) is 1.28. The Morgan fingerprint density at radius 3 is 2.56 bits per heavy atom. The predicted molar refractivity (Wildman–Crippen MR) is 41.7 cm³/mol. The van der Waals surface area contributed by atoms with Crippen LogP contribution in [0.15, 0.2) is 29.4 Å². The van der Waals surface area contributed by atoms with Gasteiger partial charge in [0.15, 0.2) is 0 Å². The molecule has 9 heavy (non-hydrogen) atoms. The van der Waals surface area contributed by atoms with Crippen molar-refractivity contribution in [3.05, 3.63) is 24.4 Å². The van der Waals surface area contributed by atoms with Gasteiger partial charge in [-0.3, -0.25) is 4.99 Å². The second-order valence-electron chi connectivity index (χ2n) is 1.45. The van der Waals surface area contributed by atoms with Crippen LogP contribution in [0.3, 0.4) is 0 Å². The van der Waals surface area contributed by atoms with Crippen LogP contribution >= 0.6 is 11.6 Å². The van der Waals surface area contributed by atoms with Gasteiger partial charge in [-0.15, -0.1) is 0 Å². The number of hydrogen-bond donors (Lipinski definition) is 1. The molecule has 0 spiro atoms. The minimum Gasteiger partial charge on any atom is -0.399 e. The molecule has 0 aromatic heterocycles. The van der Waals surface area contributed by atoms with E-state index in [2.05, 4.69) is 11.6 Å². The van der Waals surface area contributed by atoms with Gasteiger partial charge in [0.25, 0.3) is 0 Å². The smallest absolute Gasteiger partial charge is 0.123 e. The van der Waals surface area contributed by atoms with Crippen LogP contribution in [0.1, 0.15) is 0 Å². The van der Waals surface area contributed by atoms with Crippen LogP contribution in [-0.2, 0) is 0 Å². The Morgan fingerprint density at radius 2 is 2.22 bits per heavy atom. The molecule has 0 aromatic rings. The summed E-state index contributed by atoms with van der Waals surface area (Å²) in [6, 6.07) is 0. The fourth-order valence-corrected chi connectivity index (χ4v) is 0.313. The summed E-state index contributed by atoms with van der Waals surface area (Å²) >= 11 is 5.48. The molecule has 0 heterocycles. The van der Waals surface area contributed by atoms with Gasteiger partial charge in [0.1, 0.15) is 5.17 Å². The van der Waals surface area contributed by atoms with Crippen LogP contribution in [0.5, 0.6) is 0 Å². The SMILES string of the molecule is C=C(N)/C=C\C(Cl)=N/C. The van der Waals surface area contributed by atoms with Crippen molar-refractivity contribution >= 4 is 16.8 Å². The van der Waals surface area contributed by atoms with Crippen molar-refractivity contribution in [2.75, 3.05) is 7.05 Å². The average molecular weight is 145 g/mol. The molecule has 2 nitrogen and oxygen atoms in total. The fraction of sp³-hybridized carbons (Fsp3) is 0.167. The quantitative estimate of drug-likeness (QED) is 0.460.